The average Bonchev–Trinajstić information content (AvgIpc) is 3.11. The van der Waals surface area contributed by atoms with Crippen LogP contribution in [0.2, 0.25) is 0 Å². The van der Waals surface area contributed by atoms with E-state index in [0.29, 0.717) is 5.69 Å². The minimum absolute atomic E-state index is 0.0570. The predicted octanol–water partition coefficient (Wildman–Crippen LogP) is 3.24. The SMILES string of the molecule is CCOC(=O)c1c(Nc2ccc3[nH]ccc3c2)nc2c(F)cccn2c1=O. The Morgan fingerprint density at radius 3 is 3.00 bits per heavy atom. The topological polar surface area (TPSA) is 88.5 Å². The molecule has 136 valence electrons. The van der Waals surface area contributed by atoms with Crippen molar-refractivity contribution in [1.29, 1.82) is 0 Å². The van der Waals surface area contributed by atoms with Crippen LogP contribution in [0.4, 0.5) is 15.9 Å². The first-order chi connectivity index (χ1) is 13.1. The number of hydrogen-bond acceptors (Lipinski definition) is 5. The number of esters is 1. The fourth-order valence-corrected chi connectivity index (χ4v) is 2.87. The van der Waals surface area contributed by atoms with Gasteiger partial charge in [-0.25, -0.2) is 14.2 Å². The molecule has 0 aliphatic carbocycles. The molecule has 0 saturated carbocycles. The molecular weight excluding hydrogens is 351 g/mol. The lowest BCUT2D eigenvalue weighted by Gasteiger charge is -2.12. The van der Waals surface area contributed by atoms with Crippen LogP contribution in [-0.4, -0.2) is 26.9 Å². The lowest BCUT2D eigenvalue weighted by molar-refractivity contribution is 0.0525. The number of rotatable bonds is 4. The summed E-state index contributed by atoms with van der Waals surface area (Å²) in [5, 5.41) is 3.88. The van der Waals surface area contributed by atoms with Crippen LogP contribution in [0.15, 0.2) is 53.6 Å². The first-order valence-corrected chi connectivity index (χ1v) is 8.30. The molecule has 4 aromatic rings. The number of anilines is 2. The van der Waals surface area contributed by atoms with Crippen LogP contribution in [0, 0.1) is 5.82 Å². The smallest absolute Gasteiger partial charge is 0.347 e. The van der Waals surface area contributed by atoms with Crippen LogP contribution < -0.4 is 10.9 Å². The molecule has 4 rings (SSSR count). The number of aromatic nitrogens is 3. The molecule has 0 spiro atoms. The molecule has 27 heavy (non-hydrogen) atoms. The van der Waals surface area contributed by atoms with Crippen LogP contribution in [-0.2, 0) is 4.74 Å². The molecule has 7 nitrogen and oxygen atoms in total. The van der Waals surface area contributed by atoms with E-state index in [0.717, 1.165) is 15.3 Å². The number of fused-ring (bicyclic) bond motifs is 2. The first-order valence-electron chi connectivity index (χ1n) is 8.30. The van der Waals surface area contributed by atoms with Gasteiger partial charge in [-0.2, -0.15) is 0 Å². The molecule has 0 radical (unpaired) electrons. The maximum Gasteiger partial charge on any atom is 0.347 e. The Morgan fingerprint density at radius 1 is 1.33 bits per heavy atom. The molecule has 8 heteroatoms. The Hall–Kier alpha value is -3.68. The average molecular weight is 366 g/mol. The lowest BCUT2D eigenvalue weighted by Crippen LogP contribution is -2.27. The van der Waals surface area contributed by atoms with E-state index < -0.39 is 17.3 Å². The van der Waals surface area contributed by atoms with Crippen molar-refractivity contribution < 1.29 is 13.9 Å². The van der Waals surface area contributed by atoms with Gasteiger partial charge in [-0.15, -0.1) is 0 Å². The summed E-state index contributed by atoms with van der Waals surface area (Å²) in [4.78, 5) is 32.4. The van der Waals surface area contributed by atoms with E-state index in [2.05, 4.69) is 15.3 Å². The van der Waals surface area contributed by atoms with Gasteiger partial charge in [0.05, 0.1) is 6.61 Å². The number of nitrogens with one attached hydrogen (secondary N) is 2. The van der Waals surface area contributed by atoms with E-state index in [1.807, 2.05) is 18.2 Å². The van der Waals surface area contributed by atoms with Crippen molar-refractivity contribution in [3.8, 4) is 0 Å². The third kappa shape index (κ3) is 2.91. The van der Waals surface area contributed by atoms with Crippen molar-refractivity contribution in [2.24, 2.45) is 0 Å². The zero-order chi connectivity index (χ0) is 19.0. The number of halogens is 1. The van der Waals surface area contributed by atoms with Gasteiger partial charge in [-0.05, 0) is 43.3 Å². The van der Waals surface area contributed by atoms with Crippen molar-refractivity contribution in [1.82, 2.24) is 14.4 Å². The molecule has 3 heterocycles. The minimum Gasteiger partial charge on any atom is -0.462 e. The standard InChI is InChI=1S/C19H15FN4O3/c1-2-27-19(26)15-16(22-12-5-6-14-11(10-12)7-8-21-14)23-17-13(20)4-3-9-24(17)18(15)25/h3-10,21-22H,2H2,1H3. The van der Waals surface area contributed by atoms with Gasteiger partial charge in [0.1, 0.15) is 0 Å². The third-order valence-corrected chi connectivity index (χ3v) is 4.10. The number of carbonyl (C=O) groups is 1. The zero-order valence-electron chi connectivity index (χ0n) is 14.3. The van der Waals surface area contributed by atoms with E-state index in [4.69, 9.17) is 4.74 Å². The van der Waals surface area contributed by atoms with Gasteiger partial charge in [0.25, 0.3) is 5.56 Å². The van der Waals surface area contributed by atoms with Crippen LogP contribution in [0.25, 0.3) is 16.6 Å². The molecule has 0 amide bonds. The van der Waals surface area contributed by atoms with Crippen LogP contribution in [0.1, 0.15) is 17.3 Å². The molecule has 0 bridgehead atoms. The highest BCUT2D eigenvalue weighted by Crippen LogP contribution is 2.23. The van der Waals surface area contributed by atoms with E-state index >= 15 is 0 Å². The highest BCUT2D eigenvalue weighted by Gasteiger charge is 2.22. The molecular formula is C19H15FN4O3. The summed E-state index contributed by atoms with van der Waals surface area (Å²) >= 11 is 0. The molecule has 0 atom stereocenters. The predicted molar refractivity (Wildman–Crippen MR) is 99.0 cm³/mol. The van der Waals surface area contributed by atoms with Gasteiger partial charge in [0, 0.05) is 29.0 Å². The van der Waals surface area contributed by atoms with Gasteiger partial charge in [0.2, 0.25) is 0 Å². The Kier molecular flexibility index (Phi) is 4.08. The van der Waals surface area contributed by atoms with Crippen LogP contribution in [0.5, 0.6) is 0 Å². The highest BCUT2D eigenvalue weighted by molar-refractivity contribution is 5.96. The minimum atomic E-state index is -0.820. The van der Waals surface area contributed by atoms with Crippen molar-refractivity contribution in [3.63, 3.8) is 0 Å². The summed E-state index contributed by atoms with van der Waals surface area (Å²) < 4.78 is 20.1. The van der Waals surface area contributed by atoms with Crippen molar-refractivity contribution in [3.05, 3.63) is 70.5 Å². The number of hydrogen-bond donors (Lipinski definition) is 2. The summed E-state index contributed by atoms with van der Waals surface area (Å²) in [5.41, 5.74) is 0.363. The monoisotopic (exact) mass is 366 g/mol. The summed E-state index contributed by atoms with van der Waals surface area (Å²) in [5.74, 6) is -1.55. The Labute approximate surface area is 152 Å². The first kappa shape index (κ1) is 16.8. The fraction of sp³-hybridized carbons (Fsp3) is 0.105. The molecule has 1 aromatic carbocycles. The van der Waals surface area contributed by atoms with Gasteiger partial charge in [0.15, 0.2) is 22.8 Å². The van der Waals surface area contributed by atoms with Crippen LogP contribution in [0.3, 0.4) is 0 Å². The fourth-order valence-electron chi connectivity index (χ4n) is 2.87. The van der Waals surface area contributed by atoms with Gasteiger partial charge in [-0.3, -0.25) is 9.20 Å². The normalized spacial score (nSPS) is 11.0. The molecule has 3 aromatic heterocycles. The molecule has 0 aliphatic heterocycles. The maximum absolute atomic E-state index is 14.2. The number of pyridine rings is 1. The van der Waals surface area contributed by atoms with E-state index in [9.17, 15) is 14.0 Å². The van der Waals surface area contributed by atoms with Crippen molar-refractivity contribution in [2.75, 3.05) is 11.9 Å². The van der Waals surface area contributed by atoms with Crippen molar-refractivity contribution >= 4 is 34.0 Å². The summed E-state index contributed by atoms with van der Waals surface area (Å²) in [7, 11) is 0. The summed E-state index contributed by atoms with van der Waals surface area (Å²) in [6, 6.07) is 9.88. The molecule has 2 N–H and O–H groups in total. The van der Waals surface area contributed by atoms with E-state index in [1.54, 1.807) is 19.2 Å². The molecule has 0 aliphatic rings. The number of H-pyrrole nitrogens is 1. The second kappa shape index (κ2) is 6.56. The van der Waals surface area contributed by atoms with E-state index in [-0.39, 0.29) is 23.6 Å². The number of nitrogens with zero attached hydrogens (tertiary/aromatic N) is 2. The molecule has 0 saturated heterocycles. The van der Waals surface area contributed by atoms with Crippen molar-refractivity contribution in [2.45, 2.75) is 6.92 Å². The summed E-state index contributed by atoms with van der Waals surface area (Å²) in [6.07, 6.45) is 3.15. The number of benzene rings is 1. The molecule has 0 unspecified atom stereocenters. The maximum atomic E-state index is 14.2. The Morgan fingerprint density at radius 2 is 2.19 bits per heavy atom. The number of aromatic amines is 1. The van der Waals surface area contributed by atoms with E-state index in [1.165, 1.54) is 18.3 Å². The lowest BCUT2D eigenvalue weighted by atomic mass is 10.2. The number of ether oxygens (including phenoxy) is 1. The van der Waals surface area contributed by atoms with Gasteiger partial charge < -0.3 is 15.0 Å². The second-order valence-corrected chi connectivity index (χ2v) is 5.82. The highest BCUT2D eigenvalue weighted by atomic mass is 19.1. The van der Waals surface area contributed by atoms with Gasteiger partial charge >= 0.3 is 5.97 Å². The second-order valence-electron chi connectivity index (χ2n) is 5.82. The Balaban J connectivity index is 1.91. The largest absolute Gasteiger partial charge is 0.462 e. The molecule has 0 fully saturated rings. The van der Waals surface area contributed by atoms with Crippen LogP contribution >= 0.6 is 0 Å². The number of carbonyl (C=O) groups excluding carboxylic acids is 1. The zero-order valence-corrected chi connectivity index (χ0v) is 14.3. The quantitative estimate of drug-likeness (QED) is 0.542. The third-order valence-electron chi connectivity index (χ3n) is 4.10. The Bertz CT molecular complexity index is 1230. The summed E-state index contributed by atoms with van der Waals surface area (Å²) in [6.45, 7) is 1.73. The van der Waals surface area contributed by atoms with Gasteiger partial charge in [-0.1, -0.05) is 0 Å².